The quantitative estimate of drug-likeness (QED) is 0.738. The molecule has 82 valence electrons. The van der Waals surface area contributed by atoms with Crippen molar-refractivity contribution in [2.24, 2.45) is 0 Å². The second-order valence-corrected chi connectivity index (χ2v) is 3.08. The second-order valence-electron chi connectivity index (χ2n) is 3.08. The Bertz CT molecular complexity index is 573. The summed E-state index contributed by atoms with van der Waals surface area (Å²) in [7, 11) is 1.24. The summed E-state index contributed by atoms with van der Waals surface area (Å²) in [6, 6.07) is 1.43. The fraction of sp³-hybridized carbons (Fsp3) is 0.100. The molecule has 0 saturated carbocycles. The lowest BCUT2D eigenvalue weighted by molar-refractivity contribution is 0.0603. The number of aromatic nitrogens is 2. The van der Waals surface area contributed by atoms with E-state index >= 15 is 0 Å². The number of methoxy groups -OCH3 is 1. The Hall–Kier alpha value is -2.37. The molecule has 0 radical (unpaired) electrons. The number of ether oxygens (including phenoxy) is 1. The van der Waals surface area contributed by atoms with E-state index in [2.05, 4.69) is 14.7 Å². The van der Waals surface area contributed by atoms with Crippen molar-refractivity contribution in [1.29, 1.82) is 0 Å². The molecule has 0 unspecified atom stereocenters. The highest BCUT2D eigenvalue weighted by molar-refractivity contribution is 6.11. The molecule has 0 fully saturated rings. The largest absolute Gasteiger partial charge is 0.478 e. The predicted molar refractivity (Wildman–Crippen MR) is 54.4 cm³/mol. The third-order valence-corrected chi connectivity index (χ3v) is 2.21. The van der Waals surface area contributed by atoms with Crippen molar-refractivity contribution >= 4 is 23.0 Å². The number of nitrogens with zero attached hydrogens (tertiary/aromatic N) is 1. The van der Waals surface area contributed by atoms with Crippen LogP contribution in [0.1, 0.15) is 20.7 Å². The van der Waals surface area contributed by atoms with Gasteiger partial charge in [-0.3, -0.25) is 0 Å². The van der Waals surface area contributed by atoms with E-state index in [-0.39, 0.29) is 16.5 Å². The van der Waals surface area contributed by atoms with Crippen LogP contribution in [0.4, 0.5) is 0 Å². The van der Waals surface area contributed by atoms with Gasteiger partial charge in [-0.15, -0.1) is 0 Å². The number of esters is 1. The molecule has 2 aromatic rings. The van der Waals surface area contributed by atoms with Crippen molar-refractivity contribution in [3.63, 3.8) is 0 Å². The number of fused-ring (bicyclic) bond motifs is 1. The van der Waals surface area contributed by atoms with Crippen LogP contribution in [0.15, 0.2) is 18.5 Å². The van der Waals surface area contributed by atoms with E-state index in [1.807, 2.05) is 0 Å². The lowest BCUT2D eigenvalue weighted by atomic mass is 10.1. The number of carboxylic acid groups (broad SMARTS) is 1. The van der Waals surface area contributed by atoms with Crippen molar-refractivity contribution in [3.8, 4) is 0 Å². The second kappa shape index (κ2) is 3.65. The molecular weight excluding hydrogens is 212 g/mol. The summed E-state index contributed by atoms with van der Waals surface area (Å²) in [5, 5.41) is 9.22. The molecule has 2 heterocycles. The summed E-state index contributed by atoms with van der Waals surface area (Å²) in [5.41, 5.74) is 0.537. The molecular formula is C10H8N2O4. The lowest BCUT2D eigenvalue weighted by Gasteiger charge is -2.01. The van der Waals surface area contributed by atoms with Gasteiger partial charge in [-0.05, 0) is 6.07 Å². The van der Waals surface area contributed by atoms with E-state index in [4.69, 9.17) is 5.11 Å². The molecule has 0 aliphatic rings. The molecule has 0 aromatic carbocycles. The minimum Gasteiger partial charge on any atom is -0.478 e. The molecule has 6 heteroatoms. The summed E-state index contributed by atoms with van der Waals surface area (Å²) < 4.78 is 4.57. The van der Waals surface area contributed by atoms with Crippen molar-refractivity contribution in [2.75, 3.05) is 7.11 Å². The maximum Gasteiger partial charge on any atom is 0.338 e. The molecule has 0 aliphatic carbocycles. The van der Waals surface area contributed by atoms with Crippen LogP contribution in [0, 0.1) is 0 Å². The summed E-state index contributed by atoms with van der Waals surface area (Å²) in [6.45, 7) is 0. The highest BCUT2D eigenvalue weighted by Gasteiger charge is 2.19. The van der Waals surface area contributed by atoms with Crippen molar-refractivity contribution < 1.29 is 19.4 Å². The van der Waals surface area contributed by atoms with Crippen LogP contribution < -0.4 is 0 Å². The Morgan fingerprint density at radius 1 is 1.44 bits per heavy atom. The first kappa shape index (κ1) is 10.2. The fourth-order valence-corrected chi connectivity index (χ4v) is 1.51. The minimum atomic E-state index is -1.12. The number of carbonyl (C=O) groups excluding carboxylic acids is 1. The van der Waals surface area contributed by atoms with E-state index in [1.54, 1.807) is 0 Å². The fourth-order valence-electron chi connectivity index (χ4n) is 1.51. The molecule has 0 amide bonds. The number of H-pyrrole nitrogens is 1. The Morgan fingerprint density at radius 3 is 2.81 bits per heavy atom. The van der Waals surface area contributed by atoms with Crippen LogP contribution in [0.5, 0.6) is 0 Å². The first-order chi connectivity index (χ1) is 7.65. The molecule has 2 N–H and O–H groups in total. The van der Waals surface area contributed by atoms with Crippen LogP contribution in [-0.2, 0) is 4.74 Å². The van der Waals surface area contributed by atoms with Gasteiger partial charge >= 0.3 is 11.9 Å². The van der Waals surface area contributed by atoms with Gasteiger partial charge in [0.25, 0.3) is 0 Å². The monoisotopic (exact) mass is 220 g/mol. The zero-order chi connectivity index (χ0) is 11.7. The van der Waals surface area contributed by atoms with E-state index < -0.39 is 11.9 Å². The van der Waals surface area contributed by atoms with Gasteiger partial charge in [0, 0.05) is 17.8 Å². The Balaban J connectivity index is 2.78. The zero-order valence-electron chi connectivity index (χ0n) is 8.35. The molecule has 0 atom stereocenters. The third-order valence-electron chi connectivity index (χ3n) is 2.21. The van der Waals surface area contributed by atoms with Crippen LogP contribution >= 0.6 is 0 Å². The number of hydrogen-bond donors (Lipinski definition) is 2. The standard InChI is InChI=1S/C10H8N2O4/c1-16-10(15)5-2-3-11-8-7(5)6(4-12-8)9(13)14/h2-4H,1H3,(H,11,12)(H,13,14). The molecule has 16 heavy (non-hydrogen) atoms. The van der Waals surface area contributed by atoms with Crippen LogP contribution in [0.3, 0.4) is 0 Å². The molecule has 0 aliphatic heterocycles. The van der Waals surface area contributed by atoms with E-state index in [1.165, 1.54) is 25.6 Å². The topological polar surface area (TPSA) is 92.3 Å². The van der Waals surface area contributed by atoms with Gasteiger partial charge in [0.2, 0.25) is 0 Å². The van der Waals surface area contributed by atoms with Crippen LogP contribution in [0.2, 0.25) is 0 Å². The SMILES string of the molecule is COC(=O)c1ccnc2[nH]cc(C(=O)O)c12. The number of rotatable bonds is 2. The zero-order valence-corrected chi connectivity index (χ0v) is 8.35. The summed E-state index contributed by atoms with van der Waals surface area (Å²) in [4.78, 5) is 29.0. The maximum absolute atomic E-state index is 11.4. The molecule has 6 nitrogen and oxygen atoms in total. The first-order valence-corrected chi connectivity index (χ1v) is 4.43. The Labute approximate surface area is 89.9 Å². The molecule has 0 bridgehead atoms. The Kier molecular flexibility index (Phi) is 2.32. The first-order valence-electron chi connectivity index (χ1n) is 4.43. The lowest BCUT2D eigenvalue weighted by Crippen LogP contribution is -2.04. The number of pyridine rings is 1. The van der Waals surface area contributed by atoms with Gasteiger partial charge in [0.15, 0.2) is 0 Å². The third kappa shape index (κ3) is 1.40. The molecule has 2 rings (SSSR count). The number of carboxylic acids is 1. The average Bonchev–Trinajstić information content (AvgIpc) is 2.71. The molecule has 0 spiro atoms. The highest BCUT2D eigenvalue weighted by Crippen LogP contribution is 2.21. The van der Waals surface area contributed by atoms with Crippen LogP contribution in [0.25, 0.3) is 11.0 Å². The minimum absolute atomic E-state index is 0.00324. The molecule has 2 aromatic heterocycles. The van der Waals surface area contributed by atoms with Gasteiger partial charge in [-0.2, -0.15) is 0 Å². The summed E-state index contributed by atoms with van der Waals surface area (Å²) in [5.74, 6) is -1.71. The highest BCUT2D eigenvalue weighted by atomic mass is 16.5. The maximum atomic E-state index is 11.4. The number of aromatic carboxylic acids is 1. The van der Waals surface area contributed by atoms with Gasteiger partial charge in [0.05, 0.1) is 18.2 Å². The average molecular weight is 220 g/mol. The van der Waals surface area contributed by atoms with Gasteiger partial charge in [0.1, 0.15) is 5.65 Å². The van der Waals surface area contributed by atoms with Crippen LogP contribution in [-0.4, -0.2) is 34.1 Å². The smallest absolute Gasteiger partial charge is 0.338 e. The van der Waals surface area contributed by atoms with E-state index in [0.717, 1.165) is 0 Å². The summed E-state index contributed by atoms with van der Waals surface area (Å²) in [6.07, 6.45) is 2.71. The number of nitrogens with one attached hydrogen (secondary N) is 1. The van der Waals surface area contributed by atoms with Crippen molar-refractivity contribution in [2.45, 2.75) is 0 Å². The van der Waals surface area contributed by atoms with Gasteiger partial charge < -0.3 is 14.8 Å². The normalized spacial score (nSPS) is 10.3. The Morgan fingerprint density at radius 2 is 2.19 bits per heavy atom. The number of aromatic amines is 1. The molecule has 0 saturated heterocycles. The van der Waals surface area contributed by atoms with E-state index in [9.17, 15) is 9.59 Å². The van der Waals surface area contributed by atoms with Gasteiger partial charge in [-0.1, -0.05) is 0 Å². The van der Waals surface area contributed by atoms with Crippen molar-refractivity contribution in [1.82, 2.24) is 9.97 Å². The number of carbonyl (C=O) groups is 2. The van der Waals surface area contributed by atoms with Gasteiger partial charge in [-0.25, -0.2) is 14.6 Å². The van der Waals surface area contributed by atoms with Crippen molar-refractivity contribution in [3.05, 3.63) is 29.6 Å². The summed E-state index contributed by atoms with van der Waals surface area (Å²) >= 11 is 0. The number of hydrogen-bond acceptors (Lipinski definition) is 4. The van der Waals surface area contributed by atoms with E-state index in [0.29, 0.717) is 5.65 Å². The predicted octanol–water partition coefficient (Wildman–Crippen LogP) is 1.05.